The zero-order chi connectivity index (χ0) is 21.5. The Morgan fingerprint density at radius 2 is 2.00 bits per heavy atom. The first-order valence-corrected chi connectivity index (χ1v) is 10.2. The molecule has 2 aromatic carbocycles. The lowest BCUT2D eigenvalue weighted by atomic mass is 10.0. The lowest BCUT2D eigenvalue weighted by molar-refractivity contribution is -0.114. The maximum absolute atomic E-state index is 13.0. The summed E-state index contributed by atoms with van der Waals surface area (Å²) in [7, 11) is 0. The number of nitrogens with one attached hydrogen (secondary N) is 1. The summed E-state index contributed by atoms with van der Waals surface area (Å²) in [4.78, 5) is 38.9. The Bertz CT molecular complexity index is 1260. The summed E-state index contributed by atoms with van der Waals surface area (Å²) in [6, 6.07) is 12.9. The van der Waals surface area contributed by atoms with Crippen LogP contribution in [0.3, 0.4) is 0 Å². The van der Waals surface area contributed by atoms with Gasteiger partial charge in [-0.05, 0) is 35.9 Å². The summed E-state index contributed by atoms with van der Waals surface area (Å²) < 4.78 is 7.60. The number of carbonyl (C=O) groups excluding carboxylic acids is 3. The highest BCUT2D eigenvalue weighted by atomic mass is 16.5. The van der Waals surface area contributed by atoms with E-state index in [0.29, 0.717) is 48.9 Å². The molecule has 1 aromatic heterocycles. The number of rotatable bonds is 4. The average Bonchev–Trinajstić information content (AvgIpc) is 3.17. The molecule has 7 heteroatoms. The van der Waals surface area contributed by atoms with Crippen LogP contribution in [0, 0.1) is 0 Å². The van der Waals surface area contributed by atoms with Crippen molar-refractivity contribution in [2.45, 2.75) is 13.0 Å². The molecule has 0 spiro atoms. The minimum atomic E-state index is -0.194. The number of aromatic nitrogens is 1. The highest BCUT2D eigenvalue weighted by Crippen LogP contribution is 2.33. The number of carbonyl (C=O) groups is 3. The van der Waals surface area contributed by atoms with Gasteiger partial charge in [-0.3, -0.25) is 14.4 Å². The lowest BCUT2D eigenvalue weighted by Gasteiger charge is -2.29. The first kappa shape index (κ1) is 19.1. The molecule has 0 radical (unpaired) electrons. The van der Waals surface area contributed by atoms with E-state index in [1.54, 1.807) is 17.0 Å². The van der Waals surface area contributed by atoms with Gasteiger partial charge in [0.1, 0.15) is 18.1 Å². The fourth-order valence-corrected chi connectivity index (χ4v) is 4.23. The lowest BCUT2D eigenvalue weighted by Crippen LogP contribution is -2.36. The molecule has 7 nitrogen and oxygen atoms in total. The van der Waals surface area contributed by atoms with Crippen LogP contribution < -0.4 is 15.0 Å². The minimum Gasteiger partial charge on any atom is -0.490 e. The van der Waals surface area contributed by atoms with Crippen LogP contribution in [0.2, 0.25) is 0 Å². The fraction of sp³-hybridized carbons (Fsp3) is 0.208. The molecule has 3 aromatic rings. The Morgan fingerprint density at radius 3 is 2.84 bits per heavy atom. The summed E-state index contributed by atoms with van der Waals surface area (Å²) in [5.41, 5.74) is 3.55. The molecule has 2 amide bonds. The second-order valence-electron chi connectivity index (χ2n) is 7.66. The largest absolute Gasteiger partial charge is 0.490 e. The zero-order valence-corrected chi connectivity index (χ0v) is 16.9. The molecule has 2 aliphatic rings. The van der Waals surface area contributed by atoms with Crippen molar-refractivity contribution in [2.24, 2.45) is 0 Å². The maximum atomic E-state index is 13.0. The number of hydrogen-bond acceptors (Lipinski definition) is 4. The molecule has 156 valence electrons. The quantitative estimate of drug-likeness (QED) is 0.525. The van der Waals surface area contributed by atoms with Crippen LogP contribution in [-0.4, -0.2) is 41.9 Å². The van der Waals surface area contributed by atoms with Gasteiger partial charge in [-0.1, -0.05) is 24.8 Å². The van der Waals surface area contributed by atoms with Crippen LogP contribution >= 0.6 is 0 Å². The average molecular weight is 415 g/mol. The molecule has 0 fully saturated rings. The minimum absolute atomic E-state index is 0.0315. The van der Waals surface area contributed by atoms with Crippen molar-refractivity contribution >= 4 is 34.2 Å². The number of amides is 2. The SMILES string of the molecule is C=CC(=O)N1CCOc2ccc(CC(=O)c3ccc4cc5n(c4c3)CCNC5=O)cc21. The van der Waals surface area contributed by atoms with Crippen molar-refractivity contribution in [1.29, 1.82) is 0 Å². The predicted molar refractivity (Wildman–Crippen MR) is 117 cm³/mol. The molecule has 0 aliphatic carbocycles. The summed E-state index contributed by atoms with van der Waals surface area (Å²) in [5, 5.41) is 3.78. The molecule has 0 saturated carbocycles. The van der Waals surface area contributed by atoms with Crippen LogP contribution in [0.4, 0.5) is 5.69 Å². The third-order valence-corrected chi connectivity index (χ3v) is 5.77. The Labute approximate surface area is 178 Å². The highest BCUT2D eigenvalue weighted by molar-refractivity contribution is 6.04. The van der Waals surface area contributed by atoms with E-state index < -0.39 is 0 Å². The first-order chi connectivity index (χ1) is 15.0. The van der Waals surface area contributed by atoms with Crippen molar-refractivity contribution in [1.82, 2.24) is 9.88 Å². The van der Waals surface area contributed by atoms with Crippen molar-refractivity contribution in [3.63, 3.8) is 0 Å². The second kappa shape index (κ2) is 7.43. The second-order valence-corrected chi connectivity index (χ2v) is 7.66. The number of anilines is 1. The van der Waals surface area contributed by atoms with Crippen LogP contribution in [0.15, 0.2) is 55.1 Å². The molecule has 0 unspecified atom stereocenters. The summed E-state index contributed by atoms with van der Waals surface area (Å²) in [6.07, 6.45) is 1.48. The van der Waals surface area contributed by atoms with Gasteiger partial charge in [0, 0.05) is 36.0 Å². The van der Waals surface area contributed by atoms with Crippen molar-refractivity contribution in [3.8, 4) is 5.75 Å². The van der Waals surface area contributed by atoms with Crippen LogP contribution in [0.5, 0.6) is 5.75 Å². The van der Waals surface area contributed by atoms with E-state index in [4.69, 9.17) is 4.74 Å². The molecule has 0 bridgehead atoms. The molecule has 2 aliphatic heterocycles. The maximum Gasteiger partial charge on any atom is 0.268 e. The zero-order valence-electron chi connectivity index (χ0n) is 16.9. The van der Waals surface area contributed by atoms with E-state index >= 15 is 0 Å². The van der Waals surface area contributed by atoms with Crippen molar-refractivity contribution in [2.75, 3.05) is 24.6 Å². The normalized spacial score (nSPS) is 15.0. The molecule has 31 heavy (non-hydrogen) atoms. The molecule has 5 rings (SSSR count). The van der Waals surface area contributed by atoms with Crippen LogP contribution in [-0.2, 0) is 17.8 Å². The van der Waals surface area contributed by atoms with Crippen LogP contribution in [0.25, 0.3) is 10.9 Å². The summed E-state index contributed by atoms with van der Waals surface area (Å²) in [5.74, 6) is 0.305. The van der Waals surface area contributed by atoms with Gasteiger partial charge >= 0.3 is 0 Å². The van der Waals surface area contributed by atoms with E-state index in [0.717, 1.165) is 16.5 Å². The fourth-order valence-electron chi connectivity index (χ4n) is 4.23. The van der Waals surface area contributed by atoms with E-state index in [2.05, 4.69) is 11.9 Å². The number of Topliss-reactive ketones (excluding diaryl/α,β-unsaturated/α-hetero) is 1. The molecular formula is C24H21N3O4. The van der Waals surface area contributed by atoms with Gasteiger partial charge in [0.15, 0.2) is 5.78 Å². The van der Waals surface area contributed by atoms with Gasteiger partial charge in [-0.15, -0.1) is 0 Å². The third-order valence-electron chi connectivity index (χ3n) is 5.77. The first-order valence-electron chi connectivity index (χ1n) is 10.2. The molecule has 0 atom stereocenters. The van der Waals surface area contributed by atoms with Crippen molar-refractivity contribution in [3.05, 3.63) is 71.9 Å². The standard InChI is InChI=1S/C24H21N3O4/c1-2-23(29)27-9-10-31-22-6-3-15(11-19(22)27)12-21(28)17-5-4-16-13-20-24(30)25-7-8-26(20)18(16)14-17/h2-6,11,13-14H,1,7-10,12H2,(H,25,30). The Kier molecular flexibility index (Phi) is 4.58. The predicted octanol–water partition coefficient (Wildman–Crippen LogP) is 2.72. The number of ketones is 1. The van der Waals surface area contributed by atoms with E-state index in [1.165, 1.54) is 6.08 Å². The third kappa shape index (κ3) is 3.28. The number of fused-ring (bicyclic) bond motifs is 4. The van der Waals surface area contributed by atoms with E-state index in [1.807, 2.05) is 34.9 Å². The summed E-state index contributed by atoms with van der Waals surface area (Å²) >= 11 is 0. The Morgan fingerprint density at radius 1 is 1.13 bits per heavy atom. The monoisotopic (exact) mass is 415 g/mol. The van der Waals surface area contributed by atoms with Crippen molar-refractivity contribution < 1.29 is 19.1 Å². The molecular weight excluding hydrogens is 394 g/mol. The van der Waals surface area contributed by atoms with Gasteiger partial charge in [0.05, 0.1) is 12.2 Å². The smallest absolute Gasteiger partial charge is 0.268 e. The Hall–Kier alpha value is -3.87. The highest BCUT2D eigenvalue weighted by Gasteiger charge is 2.23. The van der Waals surface area contributed by atoms with Crippen LogP contribution in [0.1, 0.15) is 26.4 Å². The Balaban J connectivity index is 1.44. The topological polar surface area (TPSA) is 80.6 Å². The van der Waals surface area contributed by atoms with Gasteiger partial charge in [0.2, 0.25) is 0 Å². The number of benzene rings is 2. The summed E-state index contributed by atoms with van der Waals surface area (Å²) in [6.45, 7) is 5.68. The van der Waals surface area contributed by atoms with E-state index in [9.17, 15) is 14.4 Å². The molecule has 0 saturated heterocycles. The molecule has 1 N–H and O–H groups in total. The number of nitrogens with zero attached hydrogens (tertiary/aromatic N) is 2. The van der Waals surface area contributed by atoms with E-state index in [-0.39, 0.29) is 24.0 Å². The number of ether oxygens (including phenoxy) is 1. The number of hydrogen-bond donors (Lipinski definition) is 1. The van der Waals surface area contributed by atoms with Gasteiger partial charge in [-0.2, -0.15) is 0 Å². The van der Waals surface area contributed by atoms with Gasteiger partial charge in [-0.25, -0.2) is 0 Å². The molecule has 3 heterocycles. The van der Waals surface area contributed by atoms with Gasteiger partial charge < -0.3 is 19.5 Å². The van der Waals surface area contributed by atoms with Gasteiger partial charge in [0.25, 0.3) is 11.8 Å².